The number of hydrogen-bond acceptors (Lipinski definition) is 20. The molecule has 23 heteroatoms. The number of Topliss-reactive ketones (excluding diaryl/α,β-unsaturated/α-hetero) is 1. The normalized spacial score (nSPS) is 27.5. The van der Waals surface area contributed by atoms with Gasteiger partial charge in [0.05, 0.1) is 144 Å². The molecule has 3 saturated heterocycles. The van der Waals surface area contributed by atoms with Crippen LogP contribution in [-0.2, 0) is 90.2 Å². The summed E-state index contributed by atoms with van der Waals surface area (Å²) in [6.07, 6.45) is 5.94. The Morgan fingerprint density at radius 1 is 0.374 bits per heavy atom. The van der Waals surface area contributed by atoms with Gasteiger partial charge in [-0.25, -0.2) is 0 Å². The average molecular weight is 1310 g/mol. The second kappa shape index (κ2) is 49.9. The van der Waals surface area contributed by atoms with Gasteiger partial charge in [-0.05, 0) is 80.6 Å². The number of unbranched alkanes of at least 4 members (excludes halogenated alkanes) is 2. The van der Waals surface area contributed by atoms with Crippen LogP contribution in [0.15, 0.2) is 0 Å². The van der Waals surface area contributed by atoms with E-state index in [4.69, 9.17) is 76.8 Å². The van der Waals surface area contributed by atoms with Gasteiger partial charge in [0.1, 0.15) is 12.4 Å². The molecule has 3 amide bonds. The fraction of sp³-hybridized carbons (Fsp3) is 0.941. The predicted octanol–water partition coefficient (Wildman–Crippen LogP) is 7.30. The van der Waals surface area contributed by atoms with E-state index in [1.54, 1.807) is 0 Å². The first kappa shape index (κ1) is 82.7. The van der Waals surface area contributed by atoms with E-state index in [1.165, 1.54) is 0 Å². The highest BCUT2D eigenvalue weighted by Gasteiger charge is 2.41. The molecule has 5 N–H and O–H groups in total. The van der Waals surface area contributed by atoms with Crippen molar-refractivity contribution in [2.75, 3.05) is 165 Å². The Labute approximate surface area is 548 Å². The molecule has 6 unspecified atom stereocenters. The number of nitrogens with two attached hydrogens (primary N) is 1. The molecular weight excluding hydrogens is 1180 g/mol. The molecule has 3 aliphatic heterocycles. The molecule has 534 valence electrons. The highest BCUT2D eigenvalue weighted by Crippen LogP contribution is 2.39. The van der Waals surface area contributed by atoms with E-state index in [0.29, 0.717) is 191 Å². The van der Waals surface area contributed by atoms with Crippen molar-refractivity contribution in [1.29, 1.82) is 0 Å². The molecule has 3 rings (SSSR count). The van der Waals surface area contributed by atoms with E-state index < -0.39 is 5.41 Å². The van der Waals surface area contributed by atoms with Crippen LogP contribution < -0.4 is 21.7 Å². The molecule has 0 saturated carbocycles. The van der Waals surface area contributed by atoms with E-state index in [0.717, 1.165) is 32.1 Å². The van der Waals surface area contributed by atoms with Crippen molar-refractivity contribution in [2.24, 2.45) is 64.4 Å². The second-order valence-corrected chi connectivity index (χ2v) is 25.6. The van der Waals surface area contributed by atoms with Crippen LogP contribution in [0, 0.1) is 58.7 Å². The van der Waals surface area contributed by atoms with Crippen molar-refractivity contribution in [3.63, 3.8) is 0 Å². The lowest BCUT2D eigenvalue weighted by Gasteiger charge is -2.43. The lowest BCUT2D eigenvalue weighted by atomic mass is 9.78. The SMILES string of the molecule is CCC1O[C@H](OCCOCCOCCNC(=O)CCOCC(CCOCC(=O)NCCOCCOCCO[C@H]2OC(CC)[C@@H](C)[C@H](C)C2C)(COCCC(=O)NCCOCCOCCO[C@H]2OC(CC)[C@@H](C)[C@H](C)C2C)CC(=O)CCCCCN)C(C)[C@@H](C)[C@@H]1C. The van der Waals surface area contributed by atoms with Crippen LogP contribution in [0.3, 0.4) is 0 Å². The summed E-state index contributed by atoms with van der Waals surface area (Å²) in [6, 6.07) is 0. The number of hydrogen-bond donors (Lipinski definition) is 4. The first-order chi connectivity index (χ1) is 43.9. The molecule has 3 aliphatic rings. The van der Waals surface area contributed by atoms with E-state index in [-0.39, 0.29) is 126 Å². The fourth-order valence-electron chi connectivity index (χ4n) is 12.0. The van der Waals surface area contributed by atoms with Gasteiger partial charge in [-0.15, -0.1) is 0 Å². The summed E-state index contributed by atoms with van der Waals surface area (Å²) in [5.41, 5.74) is 4.84. The average Bonchev–Trinajstić information content (AvgIpc) is 2.02. The monoisotopic (exact) mass is 1300 g/mol. The second-order valence-electron chi connectivity index (χ2n) is 25.6. The van der Waals surface area contributed by atoms with Crippen LogP contribution in [0.5, 0.6) is 0 Å². The first-order valence-corrected chi connectivity index (χ1v) is 34.9. The third-order valence-corrected chi connectivity index (χ3v) is 19.0. The molecule has 91 heavy (non-hydrogen) atoms. The maximum Gasteiger partial charge on any atom is 0.246 e. The molecule has 0 aromatic heterocycles. The Bertz CT molecular complexity index is 1690. The summed E-state index contributed by atoms with van der Waals surface area (Å²) in [6.45, 7) is 33.9. The van der Waals surface area contributed by atoms with Crippen molar-refractivity contribution >= 4 is 23.5 Å². The zero-order chi connectivity index (χ0) is 66.7. The van der Waals surface area contributed by atoms with Gasteiger partial charge in [0.15, 0.2) is 18.9 Å². The highest BCUT2D eigenvalue weighted by atomic mass is 16.7. The summed E-state index contributed by atoms with van der Waals surface area (Å²) < 4.78 is 89.2. The zero-order valence-electron chi connectivity index (χ0n) is 58.5. The van der Waals surface area contributed by atoms with Crippen molar-refractivity contribution in [3.8, 4) is 0 Å². The van der Waals surface area contributed by atoms with Crippen LogP contribution >= 0.6 is 0 Å². The lowest BCUT2D eigenvalue weighted by molar-refractivity contribution is -0.251. The van der Waals surface area contributed by atoms with Gasteiger partial charge in [-0.3, -0.25) is 19.2 Å². The lowest BCUT2D eigenvalue weighted by Crippen LogP contribution is -2.45. The molecule has 15 atom stereocenters. The molecule has 0 aromatic rings. The third-order valence-electron chi connectivity index (χ3n) is 19.0. The van der Waals surface area contributed by atoms with Gasteiger partial charge in [-0.2, -0.15) is 0 Å². The van der Waals surface area contributed by atoms with Crippen molar-refractivity contribution in [3.05, 3.63) is 0 Å². The van der Waals surface area contributed by atoms with Gasteiger partial charge in [0, 0.05) is 75.1 Å². The molecule has 0 aromatic carbocycles. The van der Waals surface area contributed by atoms with Gasteiger partial charge < -0.3 is 92.7 Å². The molecular formula is C68H128N4O19. The maximum absolute atomic E-state index is 13.7. The van der Waals surface area contributed by atoms with Crippen LogP contribution in [0.2, 0.25) is 0 Å². The minimum atomic E-state index is -0.896. The van der Waals surface area contributed by atoms with Gasteiger partial charge in [-0.1, -0.05) is 89.5 Å². The minimum absolute atomic E-state index is 0.0167. The number of carbonyl (C=O) groups is 4. The Balaban J connectivity index is 1.42. The molecule has 0 radical (unpaired) electrons. The Hall–Kier alpha value is -2.56. The molecule has 3 fully saturated rings. The summed E-state index contributed by atoms with van der Waals surface area (Å²) in [4.78, 5) is 52.3. The van der Waals surface area contributed by atoms with Crippen LogP contribution in [0.4, 0.5) is 0 Å². The van der Waals surface area contributed by atoms with Crippen LogP contribution in [0.25, 0.3) is 0 Å². The third kappa shape index (κ3) is 33.8. The molecule has 23 nitrogen and oxygen atoms in total. The summed E-state index contributed by atoms with van der Waals surface area (Å²) in [7, 11) is 0. The van der Waals surface area contributed by atoms with Crippen molar-refractivity contribution < 1.29 is 90.2 Å². The van der Waals surface area contributed by atoms with Gasteiger partial charge in [0.2, 0.25) is 17.7 Å². The van der Waals surface area contributed by atoms with Crippen molar-refractivity contribution in [2.45, 2.75) is 191 Å². The molecule has 0 bridgehead atoms. The van der Waals surface area contributed by atoms with E-state index in [2.05, 4.69) is 99.0 Å². The summed E-state index contributed by atoms with van der Waals surface area (Å²) in [5, 5.41) is 8.56. The zero-order valence-corrected chi connectivity index (χ0v) is 58.5. The number of carbonyl (C=O) groups excluding carboxylic acids is 4. The summed E-state index contributed by atoms with van der Waals surface area (Å²) >= 11 is 0. The fourth-order valence-corrected chi connectivity index (χ4v) is 12.0. The standard InChI is InChI=1S/C68H128N4O19/c1-13-59-52(7)49(4)55(10)65(89-59)86-42-39-80-36-33-77-30-24-70-62(74)20-27-84-47-68(45-58(73)19-17-16-18-23-69,22-29-83-46-64(76)72-26-32-79-35-38-82-41-44-88-67-57(12)51(6)54(9)61(15-3)91-67)48-85-28-21-63(75)71-25-31-78-34-37-81-40-43-87-66-56(11)50(5)53(8)60(14-2)90-66/h49-57,59-61,65-67H,13-48,69H2,1-12H3,(H,70,74)(H,71,75)(H,72,76)/t49-,50-,51-,52-,53-,54-,55?,56?,57?,59?,60?,61?,65-,66-,67-,68?/m0/s1. The summed E-state index contributed by atoms with van der Waals surface area (Å²) in [5.74, 6) is 3.15. The first-order valence-electron chi connectivity index (χ1n) is 34.9. The van der Waals surface area contributed by atoms with Crippen molar-refractivity contribution in [1.82, 2.24) is 16.0 Å². The number of ketones is 1. The van der Waals surface area contributed by atoms with Gasteiger partial charge >= 0.3 is 0 Å². The Morgan fingerprint density at radius 3 is 1.09 bits per heavy atom. The van der Waals surface area contributed by atoms with E-state index >= 15 is 0 Å². The highest BCUT2D eigenvalue weighted by molar-refractivity contribution is 5.79. The predicted molar refractivity (Wildman–Crippen MR) is 347 cm³/mol. The van der Waals surface area contributed by atoms with E-state index in [9.17, 15) is 19.2 Å². The largest absolute Gasteiger partial charge is 0.380 e. The number of ether oxygens (including phenoxy) is 15. The number of rotatable bonds is 55. The Kier molecular flexibility index (Phi) is 45.3. The number of nitrogens with one attached hydrogen (secondary N) is 3. The minimum Gasteiger partial charge on any atom is -0.380 e. The molecule has 0 spiro atoms. The maximum atomic E-state index is 13.7. The van der Waals surface area contributed by atoms with Gasteiger partial charge in [0.25, 0.3) is 0 Å². The van der Waals surface area contributed by atoms with Crippen LogP contribution in [0.1, 0.15) is 154 Å². The molecule has 3 heterocycles. The quantitative estimate of drug-likeness (QED) is 0.0435. The Morgan fingerprint density at radius 2 is 0.725 bits per heavy atom. The number of amides is 3. The smallest absolute Gasteiger partial charge is 0.246 e. The molecule has 0 aliphatic carbocycles. The topological polar surface area (TPSA) is 269 Å². The van der Waals surface area contributed by atoms with Crippen LogP contribution in [-0.4, -0.2) is 226 Å². The van der Waals surface area contributed by atoms with E-state index in [1.807, 2.05) is 0 Å².